The molecule has 0 saturated carbocycles. The maximum atomic E-state index is 12.6. The highest BCUT2D eigenvalue weighted by Gasteiger charge is 2.31. The summed E-state index contributed by atoms with van der Waals surface area (Å²) in [6, 6.07) is 2.76. The van der Waals surface area contributed by atoms with E-state index in [1.807, 2.05) is 6.92 Å². The first-order valence-corrected chi connectivity index (χ1v) is 9.18. The van der Waals surface area contributed by atoms with Crippen LogP contribution in [0.15, 0.2) is 23.4 Å². The van der Waals surface area contributed by atoms with Gasteiger partial charge in [-0.3, -0.25) is 0 Å². The Morgan fingerprint density at radius 1 is 1.35 bits per heavy atom. The van der Waals surface area contributed by atoms with Crippen LogP contribution in [0.25, 0.3) is 0 Å². The number of carbonyl (C=O) groups is 1. The lowest BCUT2D eigenvalue weighted by atomic mass is 10.1. The van der Waals surface area contributed by atoms with Crippen molar-refractivity contribution in [1.29, 1.82) is 0 Å². The molecule has 1 atom stereocenters. The Hall–Kier alpha value is -1.51. The third-order valence-corrected chi connectivity index (χ3v) is 5.38. The first kappa shape index (κ1) is 17.8. The fraction of sp³-hybridized carbons (Fsp3) is 0.600. The largest absolute Gasteiger partial charge is 0.462 e. The van der Waals surface area contributed by atoms with E-state index in [-0.39, 0.29) is 23.3 Å². The second-order valence-electron chi connectivity index (χ2n) is 5.19. The number of esters is 1. The minimum absolute atomic E-state index is 0.0669. The number of piperidine rings is 1. The molecule has 0 aromatic carbocycles. The van der Waals surface area contributed by atoms with Crippen molar-refractivity contribution >= 4 is 16.0 Å². The number of aromatic nitrogens is 1. The molecule has 1 aromatic rings. The quantitative estimate of drug-likeness (QED) is 0.727. The van der Waals surface area contributed by atoms with Gasteiger partial charge in [0.15, 0.2) is 5.03 Å². The zero-order valence-electron chi connectivity index (χ0n) is 13.4. The van der Waals surface area contributed by atoms with Crippen molar-refractivity contribution in [2.45, 2.75) is 37.8 Å². The van der Waals surface area contributed by atoms with Crippen molar-refractivity contribution < 1.29 is 22.7 Å². The molecule has 1 unspecified atom stereocenters. The zero-order chi connectivity index (χ0) is 16.9. The molecule has 2 heterocycles. The number of hydrogen-bond donors (Lipinski definition) is 0. The number of hydrogen-bond acceptors (Lipinski definition) is 6. The SMILES string of the molecule is CCOC(=O)c1ccc(S(=O)(=O)N2CCCC(OCC)C2)nc1. The lowest BCUT2D eigenvalue weighted by Crippen LogP contribution is -2.43. The van der Waals surface area contributed by atoms with E-state index in [0.29, 0.717) is 19.7 Å². The lowest BCUT2D eigenvalue weighted by molar-refractivity contribution is 0.0264. The van der Waals surface area contributed by atoms with Gasteiger partial charge in [-0.2, -0.15) is 4.31 Å². The Labute approximate surface area is 136 Å². The van der Waals surface area contributed by atoms with Crippen LogP contribution in [0.1, 0.15) is 37.0 Å². The Morgan fingerprint density at radius 3 is 2.74 bits per heavy atom. The van der Waals surface area contributed by atoms with Gasteiger partial charge in [0, 0.05) is 25.9 Å². The van der Waals surface area contributed by atoms with E-state index in [4.69, 9.17) is 9.47 Å². The van der Waals surface area contributed by atoms with Crippen LogP contribution in [0.4, 0.5) is 0 Å². The number of pyridine rings is 1. The average Bonchev–Trinajstić information content (AvgIpc) is 2.56. The van der Waals surface area contributed by atoms with E-state index >= 15 is 0 Å². The van der Waals surface area contributed by atoms with Crippen LogP contribution in [0, 0.1) is 0 Å². The third-order valence-electron chi connectivity index (χ3n) is 3.59. The van der Waals surface area contributed by atoms with E-state index in [1.54, 1.807) is 6.92 Å². The molecular weight excluding hydrogens is 320 g/mol. The number of nitrogens with zero attached hydrogens (tertiary/aromatic N) is 2. The Morgan fingerprint density at radius 2 is 2.13 bits per heavy atom. The van der Waals surface area contributed by atoms with Crippen molar-refractivity contribution in [1.82, 2.24) is 9.29 Å². The summed E-state index contributed by atoms with van der Waals surface area (Å²) in [5.41, 5.74) is 0.233. The molecule has 0 bridgehead atoms. The predicted molar refractivity (Wildman–Crippen MR) is 83.6 cm³/mol. The van der Waals surface area contributed by atoms with E-state index in [1.165, 1.54) is 22.6 Å². The van der Waals surface area contributed by atoms with Crippen LogP contribution in [0.2, 0.25) is 0 Å². The minimum Gasteiger partial charge on any atom is -0.462 e. The highest BCUT2D eigenvalue weighted by Crippen LogP contribution is 2.21. The summed E-state index contributed by atoms with van der Waals surface area (Å²) in [5.74, 6) is -0.515. The normalized spacial score (nSPS) is 19.5. The second kappa shape index (κ2) is 7.85. The second-order valence-corrected chi connectivity index (χ2v) is 7.07. The fourth-order valence-electron chi connectivity index (χ4n) is 2.50. The van der Waals surface area contributed by atoms with Crippen LogP contribution in [-0.4, -0.2) is 56.1 Å². The Balaban J connectivity index is 2.14. The lowest BCUT2D eigenvalue weighted by Gasteiger charge is -2.31. The Kier molecular flexibility index (Phi) is 6.09. The third kappa shape index (κ3) is 4.27. The molecule has 1 aliphatic heterocycles. The van der Waals surface area contributed by atoms with Gasteiger partial charge in [-0.05, 0) is 38.8 Å². The molecule has 7 nitrogen and oxygen atoms in total. The van der Waals surface area contributed by atoms with Crippen molar-refractivity contribution in [3.63, 3.8) is 0 Å². The van der Waals surface area contributed by atoms with Crippen LogP contribution >= 0.6 is 0 Å². The van der Waals surface area contributed by atoms with Crippen molar-refractivity contribution in [3.8, 4) is 0 Å². The first-order chi connectivity index (χ1) is 11.0. The molecule has 0 radical (unpaired) electrons. The van der Waals surface area contributed by atoms with E-state index in [0.717, 1.165) is 12.8 Å². The van der Waals surface area contributed by atoms with Gasteiger partial charge in [-0.15, -0.1) is 0 Å². The molecule has 0 amide bonds. The standard InChI is InChI=1S/C15H22N2O5S/c1-3-21-13-6-5-9-17(11-13)23(19,20)14-8-7-12(10-16-14)15(18)22-4-2/h7-8,10,13H,3-6,9,11H2,1-2H3. The monoisotopic (exact) mass is 342 g/mol. The predicted octanol–water partition coefficient (Wildman–Crippen LogP) is 1.45. The maximum absolute atomic E-state index is 12.6. The van der Waals surface area contributed by atoms with E-state index < -0.39 is 16.0 Å². The minimum atomic E-state index is -3.68. The van der Waals surface area contributed by atoms with Gasteiger partial charge in [-0.1, -0.05) is 0 Å². The van der Waals surface area contributed by atoms with Gasteiger partial charge < -0.3 is 9.47 Å². The fourth-order valence-corrected chi connectivity index (χ4v) is 3.92. The zero-order valence-corrected chi connectivity index (χ0v) is 14.2. The highest BCUT2D eigenvalue weighted by atomic mass is 32.2. The summed E-state index contributed by atoms with van der Waals surface area (Å²) in [7, 11) is -3.68. The highest BCUT2D eigenvalue weighted by molar-refractivity contribution is 7.89. The molecule has 0 aliphatic carbocycles. The molecule has 128 valence electrons. The van der Waals surface area contributed by atoms with Gasteiger partial charge in [0.25, 0.3) is 10.0 Å². The van der Waals surface area contributed by atoms with Crippen LogP contribution in [-0.2, 0) is 19.5 Å². The number of rotatable bonds is 6. The molecule has 1 aliphatic rings. The maximum Gasteiger partial charge on any atom is 0.339 e. The summed E-state index contributed by atoms with van der Waals surface area (Å²) in [6.45, 7) is 5.19. The molecule has 1 saturated heterocycles. The van der Waals surface area contributed by atoms with Crippen LogP contribution in [0.5, 0.6) is 0 Å². The van der Waals surface area contributed by atoms with Crippen LogP contribution in [0.3, 0.4) is 0 Å². The van der Waals surface area contributed by atoms with Gasteiger partial charge in [-0.25, -0.2) is 18.2 Å². The molecule has 1 aromatic heterocycles. The summed E-state index contributed by atoms with van der Waals surface area (Å²) in [5, 5.41) is -0.0669. The number of ether oxygens (including phenoxy) is 2. The number of sulfonamides is 1. The molecule has 1 fully saturated rings. The molecule has 0 spiro atoms. The van der Waals surface area contributed by atoms with E-state index in [2.05, 4.69) is 4.98 Å². The molecule has 8 heteroatoms. The van der Waals surface area contributed by atoms with Crippen molar-refractivity contribution in [3.05, 3.63) is 23.9 Å². The molecule has 0 N–H and O–H groups in total. The topological polar surface area (TPSA) is 85.8 Å². The summed E-state index contributed by atoms with van der Waals surface area (Å²) in [4.78, 5) is 15.5. The molecule has 23 heavy (non-hydrogen) atoms. The summed E-state index contributed by atoms with van der Waals surface area (Å²) >= 11 is 0. The number of carbonyl (C=O) groups excluding carboxylic acids is 1. The molecule has 2 rings (SSSR count). The van der Waals surface area contributed by atoms with Gasteiger partial charge in [0.05, 0.1) is 18.3 Å². The van der Waals surface area contributed by atoms with Gasteiger partial charge in [0.2, 0.25) is 0 Å². The first-order valence-electron chi connectivity index (χ1n) is 7.74. The van der Waals surface area contributed by atoms with Crippen molar-refractivity contribution in [2.75, 3.05) is 26.3 Å². The summed E-state index contributed by atoms with van der Waals surface area (Å²) < 4.78 is 37.1. The van der Waals surface area contributed by atoms with E-state index in [9.17, 15) is 13.2 Å². The Bertz CT molecular complexity index is 628. The van der Waals surface area contributed by atoms with Crippen molar-refractivity contribution in [2.24, 2.45) is 0 Å². The van der Waals surface area contributed by atoms with Crippen LogP contribution < -0.4 is 0 Å². The molecular formula is C15H22N2O5S. The summed E-state index contributed by atoms with van der Waals surface area (Å²) in [6.07, 6.45) is 2.76. The van der Waals surface area contributed by atoms with Gasteiger partial charge >= 0.3 is 5.97 Å². The van der Waals surface area contributed by atoms with Gasteiger partial charge in [0.1, 0.15) is 0 Å². The smallest absolute Gasteiger partial charge is 0.339 e. The average molecular weight is 342 g/mol.